The van der Waals surface area contributed by atoms with E-state index in [0.717, 1.165) is 24.3 Å². The Morgan fingerprint density at radius 3 is 2.90 bits per heavy atom. The molecule has 0 aliphatic carbocycles. The fraction of sp³-hybridized carbons (Fsp3) is 0.750. The molecule has 118 valence electrons. The van der Waals surface area contributed by atoms with Gasteiger partial charge in [0.1, 0.15) is 0 Å². The lowest BCUT2D eigenvalue weighted by atomic mass is 9.85. The standard InChI is InChI=1S/C16H28N4O/c1-11(14-6-5-7-17-9-14)8-16(21)19-12(2)15-10-18-20(4)13(15)3/h10-12,14,17H,5-9H2,1-4H3,(H,19,21). The van der Waals surface area contributed by atoms with Crippen LogP contribution in [0, 0.1) is 18.8 Å². The van der Waals surface area contributed by atoms with Crippen molar-refractivity contribution in [2.75, 3.05) is 13.1 Å². The first-order valence-electron chi connectivity index (χ1n) is 7.97. The highest BCUT2D eigenvalue weighted by Gasteiger charge is 2.23. The summed E-state index contributed by atoms with van der Waals surface area (Å²) in [4.78, 5) is 12.2. The third-order valence-electron chi connectivity index (χ3n) is 4.76. The topological polar surface area (TPSA) is 59.0 Å². The zero-order valence-corrected chi connectivity index (χ0v) is 13.6. The molecule has 0 aromatic carbocycles. The summed E-state index contributed by atoms with van der Waals surface area (Å²) in [5.74, 6) is 1.20. The van der Waals surface area contributed by atoms with Crippen LogP contribution < -0.4 is 10.6 Å². The summed E-state index contributed by atoms with van der Waals surface area (Å²) in [5.41, 5.74) is 2.20. The summed E-state index contributed by atoms with van der Waals surface area (Å²) >= 11 is 0. The molecule has 1 aliphatic heterocycles. The van der Waals surface area contributed by atoms with Crippen LogP contribution >= 0.6 is 0 Å². The van der Waals surface area contributed by atoms with E-state index in [9.17, 15) is 4.79 Å². The number of hydrogen-bond donors (Lipinski definition) is 2. The average molecular weight is 292 g/mol. The van der Waals surface area contributed by atoms with Gasteiger partial charge in [-0.15, -0.1) is 0 Å². The number of hydrogen-bond acceptors (Lipinski definition) is 3. The van der Waals surface area contributed by atoms with Gasteiger partial charge in [0.05, 0.1) is 12.2 Å². The van der Waals surface area contributed by atoms with E-state index in [-0.39, 0.29) is 11.9 Å². The van der Waals surface area contributed by atoms with Gasteiger partial charge in [-0.25, -0.2) is 0 Å². The Balaban J connectivity index is 1.84. The molecule has 1 fully saturated rings. The smallest absolute Gasteiger partial charge is 0.220 e. The molecule has 5 heteroatoms. The molecule has 3 unspecified atom stereocenters. The fourth-order valence-corrected chi connectivity index (χ4v) is 3.14. The molecule has 5 nitrogen and oxygen atoms in total. The molecule has 2 rings (SSSR count). The van der Waals surface area contributed by atoms with Crippen LogP contribution in [0.2, 0.25) is 0 Å². The first-order chi connectivity index (χ1) is 9.99. The number of carbonyl (C=O) groups is 1. The Morgan fingerprint density at radius 1 is 1.57 bits per heavy atom. The molecule has 1 saturated heterocycles. The van der Waals surface area contributed by atoms with E-state index in [1.54, 1.807) is 0 Å². The van der Waals surface area contributed by atoms with Crippen molar-refractivity contribution in [2.45, 2.75) is 46.1 Å². The lowest BCUT2D eigenvalue weighted by molar-refractivity contribution is -0.123. The molecule has 2 heterocycles. The normalized spacial score (nSPS) is 21.8. The molecule has 0 radical (unpaired) electrons. The highest BCUT2D eigenvalue weighted by molar-refractivity contribution is 5.76. The zero-order valence-electron chi connectivity index (χ0n) is 13.6. The molecule has 1 amide bonds. The molecule has 0 saturated carbocycles. The molecular formula is C16H28N4O. The van der Waals surface area contributed by atoms with Crippen LogP contribution in [0.5, 0.6) is 0 Å². The van der Waals surface area contributed by atoms with Crippen LogP contribution in [0.25, 0.3) is 0 Å². The summed E-state index contributed by atoms with van der Waals surface area (Å²) in [6.07, 6.45) is 4.91. The Morgan fingerprint density at radius 2 is 2.33 bits per heavy atom. The van der Waals surface area contributed by atoms with Crippen LogP contribution in [0.3, 0.4) is 0 Å². The molecule has 3 atom stereocenters. The molecule has 1 aliphatic rings. The van der Waals surface area contributed by atoms with E-state index in [0.29, 0.717) is 18.3 Å². The summed E-state index contributed by atoms with van der Waals surface area (Å²) in [5, 5.41) is 10.8. The Hall–Kier alpha value is -1.36. The lowest BCUT2D eigenvalue weighted by Crippen LogP contribution is -2.36. The monoisotopic (exact) mass is 292 g/mol. The van der Waals surface area contributed by atoms with Crippen molar-refractivity contribution >= 4 is 5.91 Å². The molecule has 0 bridgehead atoms. The minimum atomic E-state index is 0.0166. The van der Waals surface area contributed by atoms with Gasteiger partial charge in [0.2, 0.25) is 5.91 Å². The highest BCUT2D eigenvalue weighted by Crippen LogP contribution is 2.23. The third kappa shape index (κ3) is 4.06. The van der Waals surface area contributed by atoms with Crippen LogP contribution in [0.15, 0.2) is 6.20 Å². The minimum Gasteiger partial charge on any atom is -0.349 e. The number of nitrogens with one attached hydrogen (secondary N) is 2. The Labute approximate surface area is 127 Å². The minimum absolute atomic E-state index is 0.0166. The first-order valence-corrected chi connectivity index (χ1v) is 7.97. The van der Waals surface area contributed by atoms with Gasteiger partial charge < -0.3 is 10.6 Å². The Kier molecular flexibility index (Phi) is 5.39. The quantitative estimate of drug-likeness (QED) is 0.872. The molecule has 1 aromatic heterocycles. The van der Waals surface area contributed by atoms with Crippen molar-refractivity contribution in [2.24, 2.45) is 18.9 Å². The van der Waals surface area contributed by atoms with E-state index in [1.165, 1.54) is 12.8 Å². The van der Waals surface area contributed by atoms with Crippen LogP contribution in [0.4, 0.5) is 0 Å². The van der Waals surface area contributed by atoms with Crippen molar-refractivity contribution in [3.8, 4) is 0 Å². The molecule has 1 aromatic rings. The number of rotatable bonds is 5. The lowest BCUT2D eigenvalue weighted by Gasteiger charge is -2.28. The molecule has 0 spiro atoms. The van der Waals surface area contributed by atoms with Gasteiger partial charge in [-0.05, 0) is 51.6 Å². The van der Waals surface area contributed by atoms with E-state index in [1.807, 2.05) is 31.8 Å². The van der Waals surface area contributed by atoms with Gasteiger partial charge in [0.25, 0.3) is 0 Å². The summed E-state index contributed by atoms with van der Waals surface area (Å²) in [7, 11) is 1.92. The number of carbonyl (C=O) groups excluding carboxylic acids is 1. The second kappa shape index (κ2) is 7.07. The summed E-state index contributed by atoms with van der Waals surface area (Å²) < 4.78 is 1.84. The number of aromatic nitrogens is 2. The van der Waals surface area contributed by atoms with Gasteiger partial charge in [-0.2, -0.15) is 5.10 Å². The van der Waals surface area contributed by atoms with Crippen LogP contribution in [0.1, 0.15) is 50.4 Å². The second-order valence-electron chi connectivity index (χ2n) is 6.39. The van der Waals surface area contributed by atoms with Crippen LogP contribution in [-0.4, -0.2) is 28.8 Å². The highest BCUT2D eigenvalue weighted by atomic mass is 16.1. The predicted molar refractivity (Wildman–Crippen MR) is 83.9 cm³/mol. The van der Waals surface area contributed by atoms with E-state index in [2.05, 4.69) is 22.7 Å². The summed E-state index contributed by atoms with van der Waals surface area (Å²) in [6, 6.07) is 0.0166. The molecule has 2 N–H and O–H groups in total. The molecule has 21 heavy (non-hydrogen) atoms. The van der Waals surface area contributed by atoms with E-state index in [4.69, 9.17) is 0 Å². The van der Waals surface area contributed by atoms with Gasteiger partial charge in [-0.3, -0.25) is 9.48 Å². The van der Waals surface area contributed by atoms with Crippen molar-refractivity contribution in [1.29, 1.82) is 0 Å². The van der Waals surface area contributed by atoms with Crippen molar-refractivity contribution in [3.63, 3.8) is 0 Å². The third-order valence-corrected chi connectivity index (χ3v) is 4.76. The van der Waals surface area contributed by atoms with Crippen molar-refractivity contribution in [1.82, 2.24) is 20.4 Å². The fourth-order valence-electron chi connectivity index (χ4n) is 3.14. The number of amides is 1. The Bertz CT molecular complexity index is 477. The van der Waals surface area contributed by atoms with E-state index >= 15 is 0 Å². The largest absolute Gasteiger partial charge is 0.349 e. The SMILES string of the molecule is Cc1c(C(C)NC(=O)CC(C)C2CCCNC2)cnn1C. The van der Waals surface area contributed by atoms with Gasteiger partial charge in [0, 0.05) is 24.7 Å². The van der Waals surface area contributed by atoms with Gasteiger partial charge in [-0.1, -0.05) is 6.92 Å². The summed E-state index contributed by atoms with van der Waals surface area (Å²) in [6.45, 7) is 8.41. The van der Waals surface area contributed by atoms with Crippen LogP contribution in [-0.2, 0) is 11.8 Å². The second-order valence-corrected chi connectivity index (χ2v) is 6.39. The van der Waals surface area contributed by atoms with Crippen molar-refractivity contribution < 1.29 is 4.79 Å². The zero-order chi connectivity index (χ0) is 15.4. The maximum atomic E-state index is 12.2. The average Bonchev–Trinajstić information content (AvgIpc) is 2.79. The predicted octanol–water partition coefficient (Wildman–Crippen LogP) is 1.93. The van der Waals surface area contributed by atoms with Gasteiger partial charge >= 0.3 is 0 Å². The maximum absolute atomic E-state index is 12.2. The molecular weight excluding hydrogens is 264 g/mol. The number of piperidine rings is 1. The first kappa shape index (κ1) is 16.0. The van der Waals surface area contributed by atoms with Crippen molar-refractivity contribution in [3.05, 3.63) is 17.5 Å². The number of nitrogens with zero attached hydrogens (tertiary/aromatic N) is 2. The van der Waals surface area contributed by atoms with E-state index < -0.39 is 0 Å². The number of aryl methyl sites for hydroxylation is 1. The maximum Gasteiger partial charge on any atom is 0.220 e. The van der Waals surface area contributed by atoms with Gasteiger partial charge in [0.15, 0.2) is 0 Å².